The van der Waals surface area contributed by atoms with E-state index in [1.54, 1.807) is 0 Å². The van der Waals surface area contributed by atoms with Crippen molar-refractivity contribution in [2.45, 2.75) is 30.6 Å². The first-order valence-corrected chi connectivity index (χ1v) is 6.72. The summed E-state index contributed by atoms with van der Waals surface area (Å²) in [5, 5.41) is 17.2. The van der Waals surface area contributed by atoms with Crippen LogP contribution in [0.1, 0.15) is 19.8 Å². The van der Waals surface area contributed by atoms with Crippen LogP contribution < -0.4 is 0 Å². The van der Waals surface area contributed by atoms with E-state index < -0.39 is 26.8 Å². The Bertz CT molecular complexity index is 408. The zero-order valence-corrected chi connectivity index (χ0v) is 9.77. The van der Waals surface area contributed by atoms with E-state index >= 15 is 0 Å². The van der Waals surface area contributed by atoms with E-state index in [2.05, 4.69) is 0 Å². The Balaban J connectivity index is 2.03. The van der Waals surface area contributed by atoms with Gasteiger partial charge in [0.25, 0.3) is 0 Å². The molecule has 1 aliphatic heterocycles. The van der Waals surface area contributed by atoms with Crippen molar-refractivity contribution in [1.29, 1.82) is 0 Å². The van der Waals surface area contributed by atoms with Gasteiger partial charge in [0, 0.05) is 13.1 Å². The van der Waals surface area contributed by atoms with Crippen molar-refractivity contribution >= 4 is 16.0 Å². The summed E-state index contributed by atoms with van der Waals surface area (Å²) in [6.07, 6.45) is 1.86. The van der Waals surface area contributed by atoms with Crippen molar-refractivity contribution < 1.29 is 23.4 Å². The number of hydrogen-bond acceptors (Lipinski definition) is 4. The van der Waals surface area contributed by atoms with Gasteiger partial charge in [-0.1, -0.05) is 0 Å². The lowest BCUT2D eigenvalue weighted by atomic mass is 9.91. The molecule has 1 unspecified atom stereocenters. The summed E-state index contributed by atoms with van der Waals surface area (Å²) in [5.41, 5.74) is -0.911. The highest BCUT2D eigenvalue weighted by molar-refractivity contribution is 7.90. The minimum Gasteiger partial charge on any atom is -0.480 e. The Morgan fingerprint density at radius 3 is 2.31 bits per heavy atom. The third kappa shape index (κ3) is 1.72. The normalized spacial score (nSPS) is 27.1. The molecule has 6 nitrogen and oxygen atoms in total. The maximum atomic E-state index is 11.7. The van der Waals surface area contributed by atoms with E-state index in [-0.39, 0.29) is 19.0 Å². The second-order valence-corrected chi connectivity index (χ2v) is 6.92. The smallest absolute Gasteiger partial charge is 0.323 e. The fourth-order valence-electron chi connectivity index (χ4n) is 1.97. The molecule has 1 atom stereocenters. The third-order valence-corrected chi connectivity index (χ3v) is 5.47. The van der Waals surface area contributed by atoms with E-state index in [1.807, 2.05) is 0 Å². The molecule has 0 spiro atoms. The van der Waals surface area contributed by atoms with Gasteiger partial charge in [-0.3, -0.25) is 4.79 Å². The van der Waals surface area contributed by atoms with E-state index in [4.69, 9.17) is 5.11 Å². The Labute approximate surface area is 93.9 Å². The molecule has 16 heavy (non-hydrogen) atoms. The summed E-state index contributed by atoms with van der Waals surface area (Å²) >= 11 is 0. The van der Waals surface area contributed by atoms with Crippen LogP contribution in [0.4, 0.5) is 0 Å². The first-order chi connectivity index (χ1) is 7.27. The van der Waals surface area contributed by atoms with Crippen LogP contribution in [0.2, 0.25) is 0 Å². The van der Waals surface area contributed by atoms with Crippen LogP contribution in [-0.2, 0) is 14.8 Å². The molecule has 0 radical (unpaired) electrons. The van der Waals surface area contributed by atoms with Gasteiger partial charge < -0.3 is 10.2 Å². The number of hydrogen-bond donors (Lipinski definition) is 2. The van der Waals surface area contributed by atoms with Crippen LogP contribution in [0.3, 0.4) is 0 Å². The molecule has 0 aromatic carbocycles. The topological polar surface area (TPSA) is 94.9 Å². The lowest BCUT2D eigenvalue weighted by Crippen LogP contribution is -2.66. The lowest BCUT2D eigenvalue weighted by molar-refractivity contribution is -0.136. The van der Waals surface area contributed by atoms with Crippen molar-refractivity contribution in [3.05, 3.63) is 0 Å². The number of carbonyl (C=O) groups is 1. The first kappa shape index (κ1) is 11.8. The van der Waals surface area contributed by atoms with Gasteiger partial charge >= 0.3 is 5.97 Å². The fourth-order valence-corrected chi connectivity index (χ4v) is 3.48. The van der Waals surface area contributed by atoms with E-state index in [9.17, 15) is 18.3 Å². The summed E-state index contributed by atoms with van der Waals surface area (Å²) in [6.45, 7) is 1.22. The van der Waals surface area contributed by atoms with Gasteiger partial charge in [0.15, 0.2) is 5.25 Å². The molecule has 2 rings (SSSR count). The van der Waals surface area contributed by atoms with Crippen molar-refractivity contribution in [2.75, 3.05) is 13.1 Å². The summed E-state index contributed by atoms with van der Waals surface area (Å²) in [4.78, 5) is 10.6. The maximum Gasteiger partial charge on any atom is 0.323 e. The largest absolute Gasteiger partial charge is 0.480 e. The number of nitrogens with zero attached hydrogens (tertiary/aromatic N) is 1. The second kappa shape index (κ2) is 3.41. The Morgan fingerprint density at radius 2 is 1.94 bits per heavy atom. The van der Waals surface area contributed by atoms with Gasteiger partial charge in [0.05, 0.1) is 5.60 Å². The molecule has 1 saturated heterocycles. The van der Waals surface area contributed by atoms with Crippen LogP contribution in [0, 0.1) is 5.92 Å². The molecule has 2 fully saturated rings. The average molecular weight is 249 g/mol. The molecule has 0 amide bonds. The number of rotatable bonds is 4. The first-order valence-electron chi connectivity index (χ1n) is 5.21. The molecule has 1 aliphatic carbocycles. The van der Waals surface area contributed by atoms with Crippen molar-refractivity contribution in [3.8, 4) is 0 Å². The van der Waals surface area contributed by atoms with Gasteiger partial charge in [-0.25, -0.2) is 8.42 Å². The summed E-state index contributed by atoms with van der Waals surface area (Å²) in [7, 11) is -3.80. The third-order valence-electron chi connectivity index (χ3n) is 3.39. The van der Waals surface area contributed by atoms with Crippen molar-refractivity contribution in [1.82, 2.24) is 4.31 Å². The van der Waals surface area contributed by atoms with E-state index in [0.29, 0.717) is 0 Å². The summed E-state index contributed by atoms with van der Waals surface area (Å²) < 4.78 is 24.5. The predicted molar refractivity (Wildman–Crippen MR) is 55.3 cm³/mol. The average Bonchev–Trinajstić information content (AvgIpc) is 2.94. The molecular formula is C9H15NO5S. The van der Waals surface area contributed by atoms with Crippen LogP contribution in [0.25, 0.3) is 0 Å². The molecule has 0 aromatic rings. The Hall–Kier alpha value is -0.660. The summed E-state index contributed by atoms with van der Waals surface area (Å²) in [5.74, 6) is -1.17. The SMILES string of the molecule is CC(C(=O)O)S(=O)(=O)N1CC(O)(C2CC2)C1. The van der Waals surface area contributed by atoms with E-state index in [1.165, 1.54) is 0 Å². The number of aliphatic carboxylic acids is 1. The summed E-state index contributed by atoms with van der Waals surface area (Å²) in [6, 6.07) is 0. The number of sulfonamides is 1. The van der Waals surface area contributed by atoms with Crippen molar-refractivity contribution in [3.63, 3.8) is 0 Å². The van der Waals surface area contributed by atoms with Crippen LogP contribution in [-0.4, -0.2) is 52.8 Å². The highest BCUT2D eigenvalue weighted by Gasteiger charge is 2.56. The van der Waals surface area contributed by atoms with Gasteiger partial charge in [0.2, 0.25) is 10.0 Å². The number of carboxylic acids is 1. The minimum absolute atomic E-state index is 0.0393. The molecule has 2 N–H and O–H groups in total. The van der Waals surface area contributed by atoms with Crippen LogP contribution in [0.5, 0.6) is 0 Å². The molecule has 92 valence electrons. The van der Waals surface area contributed by atoms with Gasteiger partial charge in [-0.2, -0.15) is 4.31 Å². The highest BCUT2D eigenvalue weighted by Crippen LogP contribution is 2.45. The number of aliphatic hydroxyl groups is 1. The zero-order chi connectivity index (χ0) is 12.1. The Morgan fingerprint density at radius 1 is 1.44 bits per heavy atom. The minimum atomic E-state index is -3.80. The molecule has 1 saturated carbocycles. The highest BCUT2D eigenvalue weighted by atomic mass is 32.2. The molecule has 2 aliphatic rings. The number of β-amino-alcohol motifs (C(OH)–C–C–N with tert-alkyl or cyclic N) is 1. The van der Waals surface area contributed by atoms with Crippen LogP contribution in [0.15, 0.2) is 0 Å². The van der Waals surface area contributed by atoms with Gasteiger partial charge in [-0.05, 0) is 25.7 Å². The van der Waals surface area contributed by atoms with Gasteiger partial charge in [0.1, 0.15) is 0 Å². The maximum absolute atomic E-state index is 11.7. The standard InChI is InChI=1S/C9H15NO5S/c1-6(8(11)12)16(14,15)10-4-9(13,5-10)7-2-3-7/h6-7,13H,2-5H2,1H3,(H,11,12). The molecule has 7 heteroatoms. The molecular weight excluding hydrogens is 234 g/mol. The molecule has 0 aromatic heterocycles. The fraction of sp³-hybridized carbons (Fsp3) is 0.889. The van der Waals surface area contributed by atoms with Crippen molar-refractivity contribution in [2.24, 2.45) is 5.92 Å². The number of carboxylic acid groups (broad SMARTS) is 1. The zero-order valence-electron chi connectivity index (χ0n) is 8.96. The van der Waals surface area contributed by atoms with Crippen LogP contribution >= 0.6 is 0 Å². The van der Waals surface area contributed by atoms with Gasteiger partial charge in [-0.15, -0.1) is 0 Å². The second-order valence-electron chi connectivity index (χ2n) is 4.67. The van der Waals surface area contributed by atoms with E-state index in [0.717, 1.165) is 24.1 Å². The quantitative estimate of drug-likeness (QED) is 0.683. The molecule has 1 heterocycles. The predicted octanol–water partition coefficient (Wildman–Crippen LogP) is -0.754. The Kier molecular flexibility index (Phi) is 2.52. The lowest BCUT2D eigenvalue weighted by Gasteiger charge is -2.46. The molecule has 0 bridgehead atoms. The monoisotopic (exact) mass is 249 g/mol.